The number of ether oxygens (including phenoxy) is 1. The van der Waals surface area contributed by atoms with E-state index in [0.29, 0.717) is 35.1 Å². The van der Waals surface area contributed by atoms with E-state index < -0.39 is 17.7 Å². The number of benzene rings is 2. The van der Waals surface area contributed by atoms with Gasteiger partial charge in [-0.1, -0.05) is 32.0 Å². The van der Waals surface area contributed by atoms with E-state index in [0.717, 1.165) is 11.1 Å². The number of aryl methyl sites for hydroxylation is 2. The summed E-state index contributed by atoms with van der Waals surface area (Å²) in [7, 11) is 0. The van der Waals surface area contributed by atoms with Crippen LogP contribution in [-0.2, 0) is 9.59 Å². The molecule has 1 amide bonds. The Balaban J connectivity index is 1.86. The number of hydrogen-bond acceptors (Lipinski definition) is 5. The summed E-state index contributed by atoms with van der Waals surface area (Å²) in [6.45, 7) is 8.57. The number of nitrogens with zero attached hydrogens (tertiary/aromatic N) is 2. The van der Waals surface area contributed by atoms with E-state index in [2.05, 4.69) is 4.98 Å². The van der Waals surface area contributed by atoms with Crippen molar-refractivity contribution >= 4 is 23.1 Å². The van der Waals surface area contributed by atoms with Crippen LogP contribution in [0, 0.1) is 19.8 Å². The number of aliphatic hydroxyl groups excluding tert-OH is 1. The largest absolute Gasteiger partial charge is 0.507 e. The highest BCUT2D eigenvalue weighted by atomic mass is 16.5. The second kappa shape index (κ2) is 9.51. The second-order valence-corrected chi connectivity index (χ2v) is 8.95. The molecule has 1 aliphatic heterocycles. The lowest BCUT2D eigenvalue weighted by atomic mass is 9.95. The number of pyridine rings is 1. The average molecular weight is 457 g/mol. The Kier molecular flexibility index (Phi) is 6.50. The van der Waals surface area contributed by atoms with Crippen molar-refractivity contribution in [3.63, 3.8) is 0 Å². The minimum absolute atomic E-state index is 0.0374. The summed E-state index contributed by atoms with van der Waals surface area (Å²) in [5.41, 5.74) is 3.82. The molecule has 2 heterocycles. The van der Waals surface area contributed by atoms with Gasteiger partial charge in [-0.25, -0.2) is 0 Å². The molecule has 0 bridgehead atoms. The number of rotatable bonds is 6. The van der Waals surface area contributed by atoms with Crippen LogP contribution in [0.3, 0.4) is 0 Å². The van der Waals surface area contributed by atoms with Gasteiger partial charge in [0.15, 0.2) is 0 Å². The number of anilines is 1. The lowest BCUT2D eigenvalue weighted by molar-refractivity contribution is -0.132. The summed E-state index contributed by atoms with van der Waals surface area (Å²) in [6.07, 6.45) is 3.21. The van der Waals surface area contributed by atoms with E-state index in [1.54, 1.807) is 48.8 Å². The fraction of sp³-hybridized carbons (Fsp3) is 0.250. The van der Waals surface area contributed by atoms with Gasteiger partial charge in [0.1, 0.15) is 11.5 Å². The van der Waals surface area contributed by atoms with Gasteiger partial charge in [-0.05, 0) is 72.9 Å². The van der Waals surface area contributed by atoms with Crippen LogP contribution in [0.2, 0.25) is 0 Å². The molecule has 3 aromatic rings. The molecule has 6 nitrogen and oxygen atoms in total. The van der Waals surface area contributed by atoms with Crippen molar-refractivity contribution < 1.29 is 19.4 Å². The minimum atomic E-state index is -0.787. The number of hydrogen-bond donors (Lipinski definition) is 1. The third-order valence-electron chi connectivity index (χ3n) is 5.93. The number of aromatic nitrogens is 1. The molecule has 2 aromatic carbocycles. The van der Waals surface area contributed by atoms with Crippen LogP contribution in [0.5, 0.6) is 5.75 Å². The van der Waals surface area contributed by atoms with Crippen molar-refractivity contribution in [2.75, 3.05) is 11.5 Å². The van der Waals surface area contributed by atoms with Crippen LogP contribution < -0.4 is 9.64 Å². The lowest BCUT2D eigenvalue weighted by Gasteiger charge is -2.26. The second-order valence-electron chi connectivity index (χ2n) is 8.95. The van der Waals surface area contributed by atoms with Gasteiger partial charge in [0.25, 0.3) is 11.7 Å². The van der Waals surface area contributed by atoms with E-state index in [1.165, 1.54) is 4.90 Å². The number of ketones is 1. The molecule has 4 rings (SSSR count). The SMILES string of the molecule is Cc1ccc(N2C(=O)C(=O)/C(=C(/O)c3cccc(OCC(C)C)c3)C2c2ccncc2)cc1C. The summed E-state index contributed by atoms with van der Waals surface area (Å²) < 4.78 is 5.79. The van der Waals surface area contributed by atoms with Crippen LogP contribution in [-0.4, -0.2) is 28.4 Å². The Bertz CT molecular complexity index is 1260. The fourth-order valence-electron chi connectivity index (χ4n) is 3.99. The smallest absolute Gasteiger partial charge is 0.300 e. The summed E-state index contributed by atoms with van der Waals surface area (Å²) in [4.78, 5) is 32.1. The number of aliphatic hydroxyl groups is 1. The highest BCUT2D eigenvalue weighted by Crippen LogP contribution is 2.42. The third-order valence-corrected chi connectivity index (χ3v) is 5.93. The quantitative estimate of drug-likeness (QED) is 0.307. The molecule has 1 aliphatic rings. The maximum atomic E-state index is 13.3. The van der Waals surface area contributed by atoms with Crippen LogP contribution in [0.25, 0.3) is 5.76 Å². The number of amides is 1. The first-order valence-corrected chi connectivity index (χ1v) is 11.3. The number of carbonyl (C=O) groups is 2. The molecule has 1 fully saturated rings. The summed E-state index contributed by atoms with van der Waals surface area (Å²) in [5, 5.41) is 11.3. The van der Waals surface area contributed by atoms with Crippen molar-refractivity contribution in [3.8, 4) is 5.75 Å². The van der Waals surface area contributed by atoms with Gasteiger partial charge < -0.3 is 9.84 Å². The normalized spacial score (nSPS) is 17.4. The van der Waals surface area contributed by atoms with Crippen molar-refractivity contribution in [2.45, 2.75) is 33.7 Å². The first kappa shape index (κ1) is 23.2. The molecule has 0 aliphatic carbocycles. The number of carbonyl (C=O) groups excluding carboxylic acids is 2. The Morgan fingerprint density at radius 3 is 2.44 bits per heavy atom. The summed E-state index contributed by atoms with van der Waals surface area (Å²) >= 11 is 0. The van der Waals surface area contributed by atoms with E-state index in [9.17, 15) is 14.7 Å². The zero-order valence-electron chi connectivity index (χ0n) is 19.8. The molecule has 0 spiro atoms. The van der Waals surface area contributed by atoms with E-state index in [-0.39, 0.29) is 11.3 Å². The van der Waals surface area contributed by atoms with Crippen molar-refractivity contribution in [2.24, 2.45) is 5.92 Å². The Hall–Kier alpha value is -3.93. The maximum Gasteiger partial charge on any atom is 0.300 e. The van der Waals surface area contributed by atoms with Crippen molar-refractivity contribution in [3.05, 3.63) is 94.8 Å². The van der Waals surface area contributed by atoms with Crippen molar-refractivity contribution in [1.29, 1.82) is 0 Å². The molecule has 1 unspecified atom stereocenters. The average Bonchev–Trinajstić information content (AvgIpc) is 3.10. The van der Waals surface area contributed by atoms with E-state index in [1.807, 2.05) is 45.9 Å². The van der Waals surface area contributed by atoms with E-state index in [4.69, 9.17) is 4.74 Å². The third kappa shape index (κ3) is 4.44. The zero-order valence-corrected chi connectivity index (χ0v) is 19.8. The maximum absolute atomic E-state index is 13.3. The first-order valence-electron chi connectivity index (χ1n) is 11.3. The van der Waals surface area contributed by atoms with Crippen LogP contribution in [0.4, 0.5) is 5.69 Å². The van der Waals surface area contributed by atoms with Crippen molar-refractivity contribution in [1.82, 2.24) is 4.98 Å². The van der Waals surface area contributed by atoms with E-state index >= 15 is 0 Å². The van der Waals surface area contributed by atoms with Gasteiger partial charge in [-0.3, -0.25) is 19.5 Å². The van der Waals surface area contributed by atoms with Gasteiger partial charge in [-0.15, -0.1) is 0 Å². The summed E-state index contributed by atoms with van der Waals surface area (Å²) in [5.74, 6) is -0.722. The molecule has 1 N–H and O–H groups in total. The minimum Gasteiger partial charge on any atom is -0.507 e. The molecule has 1 aromatic heterocycles. The Labute approximate surface area is 199 Å². The van der Waals surface area contributed by atoms with Gasteiger partial charge in [0.2, 0.25) is 0 Å². The molecular formula is C28H28N2O4. The lowest BCUT2D eigenvalue weighted by Crippen LogP contribution is -2.29. The summed E-state index contributed by atoms with van der Waals surface area (Å²) in [6, 6.07) is 15.3. The van der Waals surface area contributed by atoms with Crippen LogP contribution in [0.15, 0.2) is 72.6 Å². The Morgan fingerprint density at radius 2 is 1.76 bits per heavy atom. The molecule has 1 saturated heterocycles. The molecule has 0 radical (unpaired) electrons. The number of Topliss-reactive ketones (excluding diaryl/α,β-unsaturated/α-hetero) is 1. The van der Waals surface area contributed by atoms with Gasteiger partial charge in [0.05, 0.1) is 18.2 Å². The first-order chi connectivity index (χ1) is 16.3. The zero-order chi connectivity index (χ0) is 24.4. The predicted molar refractivity (Wildman–Crippen MR) is 132 cm³/mol. The highest BCUT2D eigenvalue weighted by molar-refractivity contribution is 6.51. The topological polar surface area (TPSA) is 79.7 Å². The van der Waals surface area contributed by atoms with Crippen LogP contribution in [0.1, 0.15) is 42.1 Å². The molecule has 174 valence electrons. The molecule has 0 saturated carbocycles. The fourth-order valence-corrected chi connectivity index (χ4v) is 3.99. The standard InChI is InChI=1S/C28H28N2O4/c1-17(2)16-34-23-7-5-6-21(15-23)26(31)24-25(20-10-12-29-13-11-20)30(28(33)27(24)32)22-9-8-18(3)19(4)14-22/h5-15,17,25,31H,16H2,1-4H3/b26-24+. The Morgan fingerprint density at radius 1 is 1.03 bits per heavy atom. The monoisotopic (exact) mass is 456 g/mol. The molecule has 6 heteroatoms. The van der Waals surface area contributed by atoms with Gasteiger partial charge >= 0.3 is 0 Å². The molecule has 1 atom stereocenters. The predicted octanol–water partition coefficient (Wildman–Crippen LogP) is 5.36. The molecule has 34 heavy (non-hydrogen) atoms. The van der Waals surface area contributed by atoms with Gasteiger partial charge in [0, 0.05) is 23.6 Å². The van der Waals surface area contributed by atoms with Gasteiger partial charge in [-0.2, -0.15) is 0 Å². The molecular weight excluding hydrogens is 428 g/mol. The highest BCUT2D eigenvalue weighted by Gasteiger charge is 2.47. The van der Waals surface area contributed by atoms with Crippen LogP contribution >= 0.6 is 0 Å².